The van der Waals surface area contributed by atoms with Gasteiger partial charge in [0.25, 0.3) is 0 Å². The molecule has 0 aliphatic heterocycles. The molecule has 0 aliphatic rings. The van der Waals surface area contributed by atoms with Gasteiger partial charge in [-0.05, 0) is 54.6 Å². The topological polar surface area (TPSA) is 55.6 Å². The van der Waals surface area contributed by atoms with Crippen molar-refractivity contribution in [2.45, 2.75) is 20.4 Å². The summed E-state index contributed by atoms with van der Waals surface area (Å²) in [6, 6.07) is 6.19. The zero-order chi connectivity index (χ0) is 11.5. The van der Waals surface area contributed by atoms with Crippen molar-refractivity contribution < 1.29 is 0 Å². The maximum Gasteiger partial charge on any atom is 0.170 e. The van der Waals surface area contributed by atoms with Gasteiger partial charge in [-0.1, -0.05) is 6.07 Å². The minimum atomic E-state index is 0.653. The first kappa shape index (κ1) is 10.8. The molecule has 0 bridgehead atoms. The van der Waals surface area contributed by atoms with E-state index in [-0.39, 0.29) is 0 Å². The standard InChI is InChI=1S/C11H15N5/c1-8-4-5-10(6-9(8)2)16-11(7-12-3)13-14-15-16/h4-6,12H,7H2,1-3H3. The Bertz CT molecular complexity index is 489. The van der Waals surface area contributed by atoms with Crippen molar-refractivity contribution in [3.8, 4) is 5.69 Å². The molecule has 0 saturated carbocycles. The van der Waals surface area contributed by atoms with Gasteiger partial charge >= 0.3 is 0 Å². The lowest BCUT2D eigenvalue weighted by Gasteiger charge is -2.06. The second kappa shape index (κ2) is 4.40. The van der Waals surface area contributed by atoms with E-state index in [1.165, 1.54) is 11.1 Å². The quantitative estimate of drug-likeness (QED) is 0.833. The van der Waals surface area contributed by atoms with Gasteiger partial charge in [0.2, 0.25) is 0 Å². The third-order valence-corrected chi connectivity index (χ3v) is 2.60. The molecule has 1 heterocycles. The van der Waals surface area contributed by atoms with Crippen LogP contribution in [0.5, 0.6) is 0 Å². The van der Waals surface area contributed by atoms with Gasteiger partial charge in [-0.15, -0.1) is 5.10 Å². The van der Waals surface area contributed by atoms with Gasteiger partial charge < -0.3 is 5.32 Å². The minimum Gasteiger partial charge on any atom is -0.313 e. The molecule has 0 aliphatic carbocycles. The number of rotatable bonds is 3. The number of nitrogens with one attached hydrogen (secondary N) is 1. The predicted molar refractivity (Wildman–Crippen MR) is 61.4 cm³/mol. The maximum atomic E-state index is 3.99. The zero-order valence-electron chi connectivity index (χ0n) is 9.73. The summed E-state index contributed by atoms with van der Waals surface area (Å²) in [4.78, 5) is 0. The van der Waals surface area contributed by atoms with E-state index in [2.05, 4.69) is 46.8 Å². The van der Waals surface area contributed by atoms with Crippen molar-refractivity contribution >= 4 is 0 Å². The summed E-state index contributed by atoms with van der Waals surface area (Å²) >= 11 is 0. The molecule has 2 aromatic rings. The number of aryl methyl sites for hydroxylation is 2. The Kier molecular flexibility index (Phi) is 2.96. The molecule has 84 valence electrons. The fourth-order valence-corrected chi connectivity index (χ4v) is 1.53. The van der Waals surface area contributed by atoms with Crippen LogP contribution >= 0.6 is 0 Å². The Labute approximate surface area is 94.5 Å². The lowest BCUT2D eigenvalue weighted by molar-refractivity contribution is 0.708. The van der Waals surface area contributed by atoms with Crippen molar-refractivity contribution in [2.75, 3.05) is 7.05 Å². The molecule has 0 saturated heterocycles. The Morgan fingerprint density at radius 1 is 1.25 bits per heavy atom. The number of hydrogen-bond donors (Lipinski definition) is 1. The molecule has 5 heteroatoms. The molecule has 5 nitrogen and oxygen atoms in total. The highest BCUT2D eigenvalue weighted by molar-refractivity contribution is 5.39. The highest BCUT2D eigenvalue weighted by Crippen LogP contribution is 2.13. The average Bonchev–Trinajstić information content (AvgIpc) is 2.71. The Morgan fingerprint density at radius 3 is 2.75 bits per heavy atom. The molecular weight excluding hydrogens is 202 g/mol. The monoisotopic (exact) mass is 217 g/mol. The molecule has 16 heavy (non-hydrogen) atoms. The van der Waals surface area contributed by atoms with Gasteiger partial charge in [0, 0.05) is 0 Å². The van der Waals surface area contributed by atoms with Gasteiger partial charge in [0.15, 0.2) is 5.82 Å². The molecule has 0 spiro atoms. The van der Waals surface area contributed by atoms with Gasteiger partial charge in [-0.2, -0.15) is 4.68 Å². The van der Waals surface area contributed by atoms with E-state index < -0.39 is 0 Å². The highest BCUT2D eigenvalue weighted by atomic mass is 15.5. The predicted octanol–water partition coefficient (Wildman–Crippen LogP) is 0.999. The summed E-state index contributed by atoms with van der Waals surface area (Å²) in [5.41, 5.74) is 3.51. The molecule has 2 rings (SSSR count). The Morgan fingerprint density at radius 2 is 2.06 bits per heavy atom. The van der Waals surface area contributed by atoms with Crippen molar-refractivity contribution in [1.29, 1.82) is 0 Å². The molecule has 0 fully saturated rings. The van der Waals surface area contributed by atoms with Gasteiger partial charge in [-0.3, -0.25) is 0 Å². The smallest absolute Gasteiger partial charge is 0.170 e. The van der Waals surface area contributed by atoms with Crippen LogP contribution in [0.15, 0.2) is 18.2 Å². The van der Waals surface area contributed by atoms with Crippen molar-refractivity contribution in [3.05, 3.63) is 35.2 Å². The van der Waals surface area contributed by atoms with Crippen LogP contribution < -0.4 is 5.32 Å². The lowest BCUT2D eigenvalue weighted by atomic mass is 10.1. The van der Waals surface area contributed by atoms with Gasteiger partial charge in [0.05, 0.1) is 12.2 Å². The number of tetrazole rings is 1. The first-order valence-electron chi connectivity index (χ1n) is 5.22. The summed E-state index contributed by atoms with van der Waals surface area (Å²) in [5.74, 6) is 0.811. The highest BCUT2D eigenvalue weighted by Gasteiger charge is 2.07. The van der Waals surface area contributed by atoms with E-state index in [1.807, 2.05) is 13.1 Å². The summed E-state index contributed by atoms with van der Waals surface area (Å²) in [6.07, 6.45) is 0. The minimum absolute atomic E-state index is 0.653. The first-order chi connectivity index (χ1) is 7.72. The van der Waals surface area contributed by atoms with E-state index in [1.54, 1.807) is 4.68 Å². The van der Waals surface area contributed by atoms with Crippen LogP contribution in [0.25, 0.3) is 5.69 Å². The van der Waals surface area contributed by atoms with Crippen molar-refractivity contribution in [1.82, 2.24) is 25.5 Å². The second-order valence-electron chi connectivity index (χ2n) is 3.81. The second-order valence-corrected chi connectivity index (χ2v) is 3.81. The van der Waals surface area contributed by atoms with Crippen LogP contribution in [-0.4, -0.2) is 27.3 Å². The van der Waals surface area contributed by atoms with Crippen LogP contribution in [0.2, 0.25) is 0 Å². The molecule has 0 amide bonds. The van der Waals surface area contributed by atoms with E-state index >= 15 is 0 Å². The van der Waals surface area contributed by atoms with Crippen LogP contribution in [0.3, 0.4) is 0 Å². The van der Waals surface area contributed by atoms with E-state index in [4.69, 9.17) is 0 Å². The number of nitrogens with zero attached hydrogens (tertiary/aromatic N) is 4. The largest absolute Gasteiger partial charge is 0.313 e. The van der Waals surface area contributed by atoms with Crippen LogP contribution in [0.1, 0.15) is 17.0 Å². The molecule has 0 atom stereocenters. The third kappa shape index (κ3) is 1.94. The molecule has 1 aromatic carbocycles. The van der Waals surface area contributed by atoms with Crippen LogP contribution in [-0.2, 0) is 6.54 Å². The fraction of sp³-hybridized carbons (Fsp3) is 0.364. The van der Waals surface area contributed by atoms with Crippen LogP contribution in [0, 0.1) is 13.8 Å². The first-order valence-corrected chi connectivity index (χ1v) is 5.22. The molecular formula is C11H15N5. The molecule has 0 radical (unpaired) electrons. The summed E-state index contributed by atoms with van der Waals surface area (Å²) in [5, 5.41) is 14.7. The maximum absolute atomic E-state index is 3.99. The number of benzene rings is 1. The number of hydrogen-bond acceptors (Lipinski definition) is 4. The summed E-state index contributed by atoms with van der Waals surface area (Å²) in [7, 11) is 1.87. The number of aromatic nitrogens is 4. The van der Waals surface area contributed by atoms with E-state index in [9.17, 15) is 0 Å². The molecule has 1 aromatic heterocycles. The lowest BCUT2D eigenvalue weighted by Crippen LogP contribution is -2.12. The van der Waals surface area contributed by atoms with Crippen LogP contribution in [0.4, 0.5) is 0 Å². The summed E-state index contributed by atoms with van der Waals surface area (Å²) in [6.45, 7) is 4.83. The van der Waals surface area contributed by atoms with Gasteiger partial charge in [-0.25, -0.2) is 0 Å². The molecule has 0 unspecified atom stereocenters. The van der Waals surface area contributed by atoms with E-state index in [0.717, 1.165) is 11.5 Å². The van der Waals surface area contributed by atoms with E-state index in [0.29, 0.717) is 6.54 Å². The SMILES string of the molecule is CNCc1nnnn1-c1ccc(C)c(C)c1. The van der Waals surface area contributed by atoms with Crippen molar-refractivity contribution in [3.63, 3.8) is 0 Å². The third-order valence-electron chi connectivity index (χ3n) is 2.60. The zero-order valence-corrected chi connectivity index (χ0v) is 9.73. The van der Waals surface area contributed by atoms with Crippen molar-refractivity contribution in [2.24, 2.45) is 0 Å². The fourth-order valence-electron chi connectivity index (χ4n) is 1.53. The van der Waals surface area contributed by atoms with Gasteiger partial charge in [0.1, 0.15) is 0 Å². The molecule has 1 N–H and O–H groups in total. The Balaban J connectivity index is 2.42. The summed E-state index contributed by atoms with van der Waals surface area (Å²) < 4.78 is 1.75. The normalized spacial score (nSPS) is 10.7. The average molecular weight is 217 g/mol. The Hall–Kier alpha value is -1.75.